The molecule has 2 nitrogen and oxygen atoms in total. The molecule has 0 bridgehead atoms. The molecule has 1 unspecified atom stereocenters. The standard InChI is InChI=1S/C20H23NO/c1-2-15-10-12-16(13-11-15)14-20(22)21-19-9-5-7-17-6-3-4-8-18(17)19/h3-4,6,8,10-13,19H,2,5,7,9,14H2,1H3,(H,21,22). The first-order valence-electron chi connectivity index (χ1n) is 8.21. The molecule has 3 rings (SSSR count). The van der Waals surface area contributed by atoms with Gasteiger partial charge in [-0.2, -0.15) is 0 Å². The summed E-state index contributed by atoms with van der Waals surface area (Å²) in [5.41, 5.74) is 5.07. The van der Waals surface area contributed by atoms with Crippen molar-refractivity contribution in [2.45, 2.75) is 45.1 Å². The van der Waals surface area contributed by atoms with Crippen LogP contribution in [-0.4, -0.2) is 5.91 Å². The lowest BCUT2D eigenvalue weighted by atomic mass is 9.87. The molecule has 2 aromatic carbocycles. The number of carbonyl (C=O) groups is 1. The first-order valence-corrected chi connectivity index (χ1v) is 8.21. The quantitative estimate of drug-likeness (QED) is 0.907. The fourth-order valence-corrected chi connectivity index (χ4v) is 3.23. The van der Waals surface area contributed by atoms with E-state index in [-0.39, 0.29) is 11.9 Å². The molecule has 0 fully saturated rings. The minimum Gasteiger partial charge on any atom is -0.349 e. The van der Waals surface area contributed by atoms with Crippen molar-refractivity contribution in [2.75, 3.05) is 0 Å². The minimum atomic E-state index is 0.117. The van der Waals surface area contributed by atoms with Gasteiger partial charge in [0.25, 0.3) is 0 Å². The second-order valence-corrected chi connectivity index (χ2v) is 6.06. The van der Waals surface area contributed by atoms with Crippen molar-refractivity contribution >= 4 is 5.91 Å². The number of fused-ring (bicyclic) bond motifs is 1. The van der Waals surface area contributed by atoms with Crippen LogP contribution in [0.25, 0.3) is 0 Å². The van der Waals surface area contributed by atoms with Crippen molar-refractivity contribution in [3.8, 4) is 0 Å². The van der Waals surface area contributed by atoms with E-state index in [0.29, 0.717) is 6.42 Å². The molecule has 22 heavy (non-hydrogen) atoms. The zero-order valence-electron chi connectivity index (χ0n) is 13.1. The summed E-state index contributed by atoms with van der Waals surface area (Å²) < 4.78 is 0. The summed E-state index contributed by atoms with van der Waals surface area (Å²) in [6.45, 7) is 2.14. The Bertz CT molecular complexity index is 645. The Morgan fingerprint density at radius 1 is 1.09 bits per heavy atom. The van der Waals surface area contributed by atoms with Crippen molar-refractivity contribution in [3.05, 3.63) is 70.8 Å². The molecule has 1 atom stereocenters. The molecule has 2 aromatic rings. The van der Waals surface area contributed by atoms with Crippen molar-refractivity contribution in [2.24, 2.45) is 0 Å². The van der Waals surface area contributed by atoms with Gasteiger partial charge in [0, 0.05) is 0 Å². The van der Waals surface area contributed by atoms with Crippen LogP contribution in [0, 0.1) is 0 Å². The Balaban J connectivity index is 1.65. The molecule has 2 heteroatoms. The lowest BCUT2D eigenvalue weighted by Crippen LogP contribution is -2.32. The smallest absolute Gasteiger partial charge is 0.224 e. The second kappa shape index (κ2) is 6.78. The Kier molecular flexibility index (Phi) is 4.57. The van der Waals surface area contributed by atoms with Crippen molar-refractivity contribution in [3.63, 3.8) is 0 Å². The van der Waals surface area contributed by atoms with Crippen LogP contribution in [0.15, 0.2) is 48.5 Å². The third-order valence-electron chi connectivity index (χ3n) is 4.50. The summed E-state index contributed by atoms with van der Waals surface area (Å²) in [6, 6.07) is 17.0. The third-order valence-corrected chi connectivity index (χ3v) is 4.50. The Morgan fingerprint density at radius 2 is 1.82 bits per heavy atom. The van der Waals surface area contributed by atoms with Crippen LogP contribution in [0.5, 0.6) is 0 Å². The molecule has 0 heterocycles. The van der Waals surface area contributed by atoms with E-state index in [1.165, 1.54) is 16.7 Å². The van der Waals surface area contributed by atoms with Crippen molar-refractivity contribution in [1.82, 2.24) is 5.32 Å². The topological polar surface area (TPSA) is 29.1 Å². The van der Waals surface area contributed by atoms with Gasteiger partial charge >= 0.3 is 0 Å². The van der Waals surface area contributed by atoms with E-state index in [1.54, 1.807) is 0 Å². The molecule has 0 aliphatic heterocycles. The zero-order chi connectivity index (χ0) is 15.4. The molecule has 0 radical (unpaired) electrons. The van der Waals surface area contributed by atoms with Gasteiger partial charge in [0.2, 0.25) is 5.91 Å². The summed E-state index contributed by atoms with van der Waals surface area (Å²) in [5, 5.41) is 3.21. The van der Waals surface area contributed by atoms with Gasteiger partial charge in [0.15, 0.2) is 0 Å². The van der Waals surface area contributed by atoms with Crippen LogP contribution in [0.1, 0.15) is 48.1 Å². The maximum absolute atomic E-state index is 12.3. The molecular formula is C20H23NO. The van der Waals surface area contributed by atoms with E-state index in [1.807, 2.05) is 0 Å². The highest BCUT2D eigenvalue weighted by Crippen LogP contribution is 2.29. The van der Waals surface area contributed by atoms with Gasteiger partial charge in [-0.1, -0.05) is 55.5 Å². The van der Waals surface area contributed by atoms with Gasteiger partial charge in [0.1, 0.15) is 0 Å². The fourth-order valence-electron chi connectivity index (χ4n) is 3.23. The molecule has 0 aromatic heterocycles. The highest BCUT2D eigenvalue weighted by atomic mass is 16.1. The minimum absolute atomic E-state index is 0.117. The third kappa shape index (κ3) is 3.38. The lowest BCUT2D eigenvalue weighted by Gasteiger charge is -2.26. The normalized spacial score (nSPS) is 16.9. The number of aryl methyl sites for hydroxylation is 2. The van der Waals surface area contributed by atoms with E-state index in [0.717, 1.165) is 31.2 Å². The largest absolute Gasteiger partial charge is 0.349 e. The molecule has 0 saturated heterocycles. The Labute approximate surface area is 132 Å². The molecule has 1 aliphatic carbocycles. The SMILES string of the molecule is CCc1ccc(CC(=O)NC2CCCc3ccccc32)cc1. The fraction of sp³-hybridized carbons (Fsp3) is 0.350. The van der Waals surface area contributed by atoms with Crippen LogP contribution in [-0.2, 0) is 24.1 Å². The highest BCUT2D eigenvalue weighted by Gasteiger charge is 2.21. The number of amides is 1. The molecule has 114 valence electrons. The van der Waals surface area contributed by atoms with Gasteiger partial charge < -0.3 is 5.32 Å². The number of benzene rings is 2. The molecule has 1 amide bonds. The second-order valence-electron chi connectivity index (χ2n) is 6.06. The van der Waals surface area contributed by atoms with E-state index >= 15 is 0 Å². The van der Waals surface area contributed by atoms with Crippen molar-refractivity contribution < 1.29 is 4.79 Å². The van der Waals surface area contributed by atoms with E-state index in [9.17, 15) is 4.79 Å². The maximum atomic E-state index is 12.3. The average Bonchev–Trinajstić information content (AvgIpc) is 2.56. The van der Waals surface area contributed by atoms with Gasteiger partial charge in [-0.25, -0.2) is 0 Å². The van der Waals surface area contributed by atoms with E-state index in [2.05, 4.69) is 60.8 Å². The number of nitrogens with one attached hydrogen (secondary N) is 1. The van der Waals surface area contributed by atoms with E-state index in [4.69, 9.17) is 0 Å². The Hall–Kier alpha value is -2.09. The van der Waals surface area contributed by atoms with Crippen LogP contribution < -0.4 is 5.32 Å². The predicted octanol–water partition coefficient (Wildman–Crippen LogP) is 3.99. The van der Waals surface area contributed by atoms with Gasteiger partial charge in [-0.05, 0) is 47.9 Å². The molecule has 1 N–H and O–H groups in total. The van der Waals surface area contributed by atoms with Crippen LogP contribution in [0.2, 0.25) is 0 Å². The number of hydrogen-bond acceptors (Lipinski definition) is 1. The van der Waals surface area contributed by atoms with Gasteiger partial charge in [0.05, 0.1) is 12.5 Å². The Morgan fingerprint density at radius 3 is 2.59 bits per heavy atom. The first-order chi connectivity index (χ1) is 10.8. The summed E-state index contributed by atoms with van der Waals surface area (Å²) in [6.07, 6.45) is 4.81. The number of rotatable bonds is 4. The zero-order valence-corrected chi connectivity index (χ0v) is 13.1. The number of carbonyl (C=O) groups excluding carboxylic acids is 1. The lowest BCUT2D eigenvalue weighted by molar-refractivity contribution is -0.121. The van der Waals surface area contributed by atoms with Crippen LogP contribution in [0.3, 0.4) is 0 Å². The summed E-state index contributed by atoms with van der Waals surface area (Å²) in [4.78, 5) is 12.3. The van der Waals surface area contributed by atoms with Crippen molar-refractivity contribution in [1.29, 1.82) is 0 Å². The summed E-state index contributed by atoms with van der Waals surface area (Å²) >= 11 is 0. The van der Waals surface area contributed by atoms with Crippen LogP contribution >= 0.6 is 0 Å². The predicted molar refractivity (Wildman–Crippen MR) is 89.8 cm³/mol. The summed E-state index contributed by atoms with van der Waals surface area (Å²) in [7, 11) is 0. The van der Waals surface area contributed by atoms with E-state index < -0.39 is 0 Å². The average molecular weight is 293 g/mol. The summed E-state index contributed by atoms with van der Waals surface area (Å²) in [5.74, 6) is 0.117. The maximum Gasteiger partial charge on any atom is 0.224 e. The van der Waals surface area contributed by atoms with Crippen LogP contribution in [0.4, 0.5) is 0 Å². The molecule has 0 saturated carbocycles. The number of hydrogen-bond donors (Lipinski definition) is 1. The van der Waals surface area contributed by atoms with Gasteiger partial charge in [-0.3, -0.25) is 4.79 Å². The molecular weight excluding hydrogens is 270 g/mol. The molecule has 1 aliphatic rings. The monoisotopic (exact) mass is 293 g/mol. The molecule has 0 spiro atoms. The van der Waals surface area contributed by atoms with Gasteiger partial charge in [-0.15, -0.1) is 0 Å². The highest BCUT2D eigenvalue weighted by molar-refractivity contribution is 5.79. The first kappa shape index (κ1) is 14.8.